The fourth-order valence-corrected chi connectivity index (χ4v) is 1.89. The number of aromatic nitrogens is 3. The molecule has 0 radical (unpaired) electrons. The van der Waals surface area contributed by atoms with Crippen LogP contribution >= 0.6 is 11.8 Å². The Morgan fingerprint density at radius 1 is 1.28 bits per heavy atom. The maximum atomic E-state index is 5.71. The van der Waals surface area contributed by atoms with Crippen molar-refractivity contribution in [3.63, 3.8) is 0 Å². The number of thioether (sulfide) groups is 1. The molecule has 0 saturated carbocycles. The van der Waals surface area contributed by atoms with Gasteiger partial charge in [-0.15, -0.1) is 0 Å². The van der Waals surface area contributed by atoms with E-state index in [4.69, 9.17) is 5.73 Å². The SMILES string of the molecule is CSc1nc(N)cc(NCc2cccc(C)n2)n1. The van der Waals surface area contributed by atoms with Gasteiger partial charge in [0, 0.05) is 11.8 Å². The Kier molecular flexibility index (Phi) is 3.99. The van der Waals surface area contributed by atoms with Crippen molar-refractivity contribution in [3.05, 3.63) is 35.7 Å². The van der Waals surface area contributed by atoms with Crippen LogP contribution in [0.4, 0.5) is 11.6 Å². The summed E-state index contributed by atoms with van der Waals surface area (Å²) in [5.74, 6) is 1.18. The molecular weight excluding hydrogens is 246 g/mol. The summed E-state index contributed by atoms with van der Waals surface area (Å²) in [4.78, 5) is 12.8. The molecule has 0 fully saturated rings. The molecule has 0 aliphatic rings. The second kappa shape index (κ2) is 5.68. The number of nitrogens with one attached hydrogen (secondary N) is 1. The number of anilines is 2. The van der Waals surface area contributed by atoms with Gasteiger partial charge in [-0.2, -0.15) is 0 Å². The van der Waals surface area contributed by atoms with Crippen LogP contribution in [0.1, 0.15) is 11.4 Å². The molecule has 2 rings (SSSR count). The first kappa shape index (κ1) is 12.6. The van der Waals surface area contributed by atoms with Crippen molar-refractivity contribution in [2.24, 2.45) is 0 Å². The smallest absolute Gasteiger partial charge is 0.191 e. The van der Waals surface area contributed by atoms with E-state index in [0.717, 1.165) is 17.2 Å². The Bertz CT molecular complexity index is 544. The maximum Gasteiger partial charge on any atom is 0.191 e. The minimum atomic E-state index is 0.467. The standard InChI is InChI=1S/C12H15N5S/c1-8-4-3-5-9(15-8)7-14-11-6-10(13)16-12(17-11)18-2/h3-6H,7H2,1-2H3,(H3,13,14,16,17). The summed E-state index contributed by atoms with van der Waals surface area (Å²) in [7, 11) is 0. The van der Waals surface area contributed by atoms with E-state index in [1.807, 2.05) is 31.4 Å². The third-order valence-electron chi connectivity index (χ3n) is 2.30. The van der Waals surface area contributed by atoms with E-state index in [1.165, 1.54) is 11.8 Å². The highest BCUT2D eigenvalue weighted by molar-refractivity contribution is 7.98. The van der Waals surface area contributed by atoms with Crippen molar-refractivity contribution in [2.45, 2.75) is 18.6 Å². The lowest BCUT2D eigenvalue weighted by Crippen LogP contribution is -2.06. The van der Waals surface area contributed by atoms with Gasteiger partial charge in [0.1, 0.15) is 11.6 Å². The number of nitrogen functional groups attached to an aromatic ring is 1. The molecule has 0 aromatic carbocycles. The lowest BCUT2D eigenvalue weighted by atomic mass is 10.3. The predicted molar refractivity (Wildman–Crippen MR) is 74.5 cm³/mol. The molecule has 0 atom stereocenters. The molecule has 0 unspecified atom stereocenters. The van der Waals surface area contributed by atoms with Crippen LogP contribution in [0.15, 0.2) is 29.4 Å². The van der Waals surface area contributed by atoms with Crippen molar-refractivity contribution < 1.29 is 0 Å². The van der Waals surface area contributed by atoms with Crippen molar-refractivity contribution in [1.82, 2.24) is 15.0 Å². The largest absolute Gasteiger partial charge is 0.383 e. The summed E-state index contributed by atoms with van der Waals surface area (Å²) >= 11 is 1.46. The van der Waals surface area contributed by atoms with Crippen molar-refractivity contribution in [1.29, 1.82) is 0 Å². The van der Waals surface area contributed by atoms with Gasteiger partial charge in [0.2, 0.25) is 0 Å². The first-order valence-corrected chi connectivity index (χ1v) is 6.75. The number of aryl methyl sites for hydroxylation is 1. The minimum Gasteiger partial charge on any atom is -0.383 e. The van der Waals surface area contributed by atoms with E-state index in [2.05, 4.69) is 20.3 Å². The van der Waals surface area contributed by atoms with Crippen LogP contribution in [-0.2, 0) is 6.54 Å². The van der Waals surface area contributed by atoms with Gasteiger partial charge >= 0.3 is 0 Å². The predicted octanol–water partition coefficient (Wildman–Crippen LogP) is 2.10. The molecule has 6 heteroatoms. The molecule has 2 heterocycles. The van der Waals surface area contributed by atoms with Gasteiger partial charge in [-0.3, -0.25) is 4.98 Å². The molecule has 94 valence electrons. The van der Waals surface area contributed by atoms with E-state index in [9.17, 15) is 0 Å². The van der Waals surface area contributed by atoms with Crippen LogP contribution in [0.2, 0.25) is 0 Å². The highest BCUT2D eigenvalue weighted by Crippen LogP contribution is 2.15. The molecule has 2 aromatic rings. The molecule has 3 N–H and O–H groups in total. The number of nitrogens with zero attached hydrogens (tertiary/aromatic N) is 3. The van der Waals surface area contributed by atoms with E-state index >= 15 is 0 Å². The zero-order chi connectivity index (χ0) is 13.0. The molecule has 18 heavy (non-hydrogen) atoms. The van der Waals surface area contributed by atoms with Crippen LogP contribution in [0.25, 0.3) is 0 Å². The summed E-state index contributed by atoms with van der Waals surface area (Å²) in [6.07, 6.45) is 1.92. The highest BCUT2D eigenvalue weighted by Gasteiger charge is 2.02. The zero-order valence-electron chi connectivity index (χ0n) is 10.3. The van der Waals surface area contributed by atoms with Gasteiger partial charge < -0.3 is 11.1 Å². The Hall–Kier alpha value is -1.82. The minimum absolute atomic E-state index is 0.467. The normalized spacial score (nSPS) is 10.3. The Labute approximate surface area is 110 Å². The maximum absolute atomic E-state index is 5.71. The number of hydrogen-bond acceptors (Lipinski definition) is 6. The molecular formula is C12H15N5S. The van der Waals surface area contributed by atoms with Crippen LogP contribution < -0.4 is 11.1 Å². The highest BCUT2D eigenvalue weighted by atomic mass is 32.2. The fraction of sp³-hybridized carbons (Fsp3) is 0.250. The topological polar surface area (TPSA) is 76.7 Å². The second-order valence-corrected chi connectivity index (χ2v) is 4.56. The molecule has 0 spiro atoms. The van der Waals surface area contributed by atoms with Crippen molar-refractivity contribution in [3.8, 4) is 0 Å². The molecule has 0 aliphatic carbocycles. The van der Waals surface area contributed by atoms with Gasteiger partial charge in [0.25, 0.3) is 0 Å². The molecule has 0 bridgehead atoms. The lowest BCUT2D eigenvalue weighted by molar-refractivity contribution is 0.947. The molecule has 0 saturated heterocycles. The average Bonchev–Trinajstić information content (AvgIpc) is 2.36. The quantitative estimate of drug-likeness (QED) is 0.648. The van der Waals surface area contributed by atoms with Gasteiger partial charge in [-0.1, -0.05) is 17.8 Å². The van der Waals surface area contributed by atoms with E-state index in [1.54, 1.807) is 6.07 Å². The molecule has 5 nitrogen and oxygen atoms in total. The monoisotopic (exact) mass is 261 g/mol. The van der Waals surface area contributed by atoms with Gasteiger partial charge in [-0.05, 0) is 25.3 Å². The lowest BCUT2D eigenvalue weighted by Gasteiger charge is -2.07. The van der Waals surface area contributed by atoms with Crippen LogP contribution in [-0.4, -0.2) is 21.2 Å². The number of nitrogens with two attached hydrogens (primary N) is 1. The van der Waals surface area contributed by atoms with Crippen LogP contribution in [0, 0.1) is 6.92 Å². The number of pyridine rings is 1. The summed E-state index contributed by atoms with van der Waals surface area (Å²) in [5.41, 5.74) is 7.68. The summed E-state index contributed by atoms with van der Waals surface area (Å²) in [6, 6.07) is 7.65. The number of rotatable bonds is 4. The number of hydrogen-bond donors (Lipinski definition) is 2. The summed E-state index contributed by atoms with van der Waals surface area (Å²) < 4.78 is 0. The Balaban J connectivity index is 2.08. The molecule has 0 amide bonds. The first-order valence-electron chi connectivity index (χ1n) is 5.52. The second-order valence-electron chi connectivity index (χ2n) is 3.79. The van der Waals surface area contributed by atoms with E-state index in [-0.39, 0.29) is 0 Å². The Morgan fingerprint density at radius 2 is 2.11 bits per heavy atom. The van der Waals surface area contributed by atoms with Crippen LogP contribution in [0.5, 0.6) is 0 Å². The molecule has 0 aliphatic heterocycles. The van der Waals surface area contributed by atoms with Gasteiger partial charge in [0.05, 0.1) is 12.2 Å². The van der Waals surface area contributed by atoms with Gasteiger partial charge in [-0.25, -0.2) is 9.97 Å². The van der Waals surface area contributed by atoms with E-state index < -0.39 is 0 Å². The Morgan fingerprint density at radius 3 is 2.83 bits per heavy atom. The summed E-state index contributed by atoms with van der Waals surface area (Å²) in [6.45, 7) is 2.59. The van der Waals surface area contributed by atoms with E-state index in [0.29, 0.717) is 17.5 Å². The van der Waals surface area contributed by atoms with Crippen molar-refractivity contribution >= 4 is 23.4 Å². The first-order chi connectivity index (χ1) is 8.67. The van der Waals surface area contributed by atoms with Crippen molar-refractivity contribution in [2.75, 3.05) is 17.3 Å². The van der Waals surface area contributed by atoms with Crippen LogP contribution in [0.3, 0.4) is 0 Å². The average molecular weight is 261 g/mol. The molecule has 2 aromatic heterocycles. The summed E-state index contributed by atoms with van der Waals surface area (Å²) in [5, 5.41) is 3.86. The zero-order valence-corrected chi connectivity index (χ0v) is 11.2. The third-order valence-corrected chi connectivity index (χ3v) is 2.85. The van der Waals surface area contributed by atoms with Gasteiger partial charge in [0.15, 0.2) is 5.16 Å². The third kappa shape index (κ3) is 3.33. The fourth-order valence-electron chi connectivity index (χ4n) is 1.50.